The van der Waals surface area contributed by atoms with Gasteiger partial charge in [0.15, 0.2) is 11.6 Å². The van der Waals surface area contributed by atoms with Crippen LogP contribution in [-0.2, 0) is 17.6 Å². The number of carboxylic acids is 1. The Bertz CT molecular complexity index is 1200. The number of likely N-dealkylation sites (N-methyl/N-ethyl adjacent to an activating group) is 1. The molecular weight excluding hydrogens is 533 g/mol. The fraction of sp³-hybridized carbons (Fsp3) is 0.613. The van der Waals surface area contributed by atoms with Gasteiger partial charge in [-0.25, -0.2) is 18.2 Å². The van der Waals surface area contributed by atoms with E-state index >= 15 is 0 Å². The Labute approximate surface area is 241 Å². The minimum absolute atomic E-state index is 0.00689. The number of halogens is 3. The van der Waals surface area contributed by atoms with Crippen molar-refractivity contribution in [3.8, 4) is 5.75 Å². The van der Waals surface area contributed by atoms with Gasteiger partial charge in [0.2, 0.25) is 0 Å². The summed E-state index contributed by atoms with van der Waals surface area (Å²) >= 11 is 0. The van der Waals surface area contributed by atoms with E-state index in [2.05, 4.69) is 11.4 Å². The molecule has 1 fully saturated rings. The molecule has 226 valence electrons. The monoisotopic (exact) mass is 576 g/mol. The fourth-order valence-corrected chi connectivity index (χ4v) is 6.16. The first-order chi connectivity index (χ1) is 19.6. The number of rotatable bonds is 13. The summed E-state index contributed by atoms with van der Waals surface area (Å²) in [4.78, 5) is 20.6. The maximum absolute atomic E-state index is 14.9. The smallest absolute Gasteiger partial charge is 0.325 e. The molecule has 0 bridgehead atoms. The number of aryl methyl sites for hydroxylation is 2. The van der Waals surface area contributed by atoms with E-state index in [0.29, 0.717) is 37.9 Å². The lowest BCUT2D eigenvalue weighted by molar-refractivity contribution is -0.143. The normalized spacial score (nSPS) is 18.9. The van der Waals surface area contributed by atoms with E-state index < -0.39 is 30.3 Å². The lowest BCUT2D eigenvalue weighted by atomic mass is 9.95. The maximum atomic E-state index is 14.9. The third-order valence-corrected chi connectivity index (χ3v) is 8.58. The van der Waals surface area contributed by atoms with E-state index in [1.807, 2.05) is 19.9 Å². The van der Waals surface area contributed by atoms with E-state index in [0.717, 1.165) is 43.7 Å². The Balaban J connectivity index is 1.39. The molecule has 1 aromatic carbocycles. The molecule has 0 unspecified atom stereocenters. The third-order valence-electron chi connectivity index (χ3n) is 8.58. The van der Waals surface area contributed by atoms with Gasteiger partial charge in [0, 0.05) is 36.9 Å². The second-order valence-electron chi connectivity index (χ2n) is 11.6. The Kier molecular flexibility index (Phi) is 10.5. The number of likely N-dealkylation sites (tertiary alicyclic amines) is 1. The molecule has 0 saturated carbocycles. The zero-order valence-corrected chi connectivity index (χ0v) is 24.5. The SMILES string of the molecule is COc1c(F)cc(C(C)C)cc1[C@H](C(=O)O)N1CC[C@H](N(C)[C@H](CCCCc2ccc3c(n2)NCCC3)C(F)F)C1. The quantitative estimate of drug-likeness (QED) is 0.288. The lowest BCUT2D eigenvalue weighted by Crippen LogP contribution is -2.46. The predicted molar refractivity (Wildman–Crippen MR) is 154 cm³/mol. The van der Waals surface area contributed by atoms with Crippen molar-refractivity contribution in [3.05, 3.63) is 52.5 Å². The molecule has 3 heterocycles. The number of carboxylic acid groups (broad SMARTS) is 1. The van der Waals surface area contributed by atoms with Crippen LogP contribution in [0.4, 0.5) is 19.0 Å². The predicted octanol–water partition coefficient (Wildman–Crippen LogP) is 5.89. The molecule has 7 nitrogen and oxygen atoms in total. The Morgan fingerprint density at radius 1 is 1.27 bits per heavy atom. The minimum atomic E-state index is -2.52. The number of fused-ring (bicyclic) bond motifs is 1. The van der Waals surface area contributed by atoms with Gasteiger partial charge in [0.05, 0.1) is 13.2 Å². The summed E-state index contributed by atoms with van der Waals surface area (Å²) in [6.45, 7) is 5.43. The molecular formula is C31H43F3N4O3. The number of carbonyl (C=O) groups is 1. The van der Waals surface area contributed by atoms with Crippen LogP contribution in [0.15, 0.2) is 24.3 Å². The Morgan fingerprint density at radius 3 is 2.73 bits per heavy atom. The molecule has 2 aliphatic heterocycles. The van der Waals surface area contributed by atoms with Crippen LogP contribution in [0.5, 0.6) is 5.75 Å². The largest absolute Gasteiger partial charge is 0.493 e. The number of alkyl halides is 2. The van der Waals surface area contributed by atoms with E-state index in [9.17, 15) is 23.1 Å². The molecule has 0 spiro atoms. The second kappa shape index (κ2) is 13.9. The first-order valence-corrected chi connectivity index (χ1v) is 14.7. The Hall–Kier alpha value is -2.85. The molecule has 10 heteroatoms. The van der Waals surface area contributed by atoms with E-state index in [1.54, 1.807) is 22.9 Å². The molecule has 1 saturated heterocycles. The number of unbranched alkanes of at least 4 members (excludes halogenated alkanes) is 1. The van der Waals surface area contributed by atoms with Crippen LogP contribution in [0.2, 0.25) is 0 Å². The van der Waals surface area contributed by atoms with Gasteiger partial charge in [-0.2, -0.15) is 0 Å². The number of nitrogens with one attached hydrogen (secondary N) is 1. The zero-order chi connectivity index (χ0) is 29.7. The third kappa shape index (κ3) is 7.33. The summed E-state index contributed by atoms with van der Waals surface area (Å²) in [5, 5.41) is 13.5. The summed E-state index contributed by atoms with van der Waals surface area (Å²) in [5.41, 5.74) is 3.13. The number of anilines is 1. The summed E-state index contributed by atoms with van der Waals surface area (Å²) in [5.74, 6) is -0.878. The molecule has 0 radical (unpaired) electrons. The average molecular weight is 577 g/mol. The average Bonchev–Trinajstić information content (AvgIpc) is 3.41. The topological polar surface area (TPSA) is 77.9 Å². The number of nitrogens with zero attached hydrogens (tertiary/aromatic N) is 3. The molecule has 0 amide bonds. The fourth-order valence-electron chi connectivity index (χ4n) is 6.16. The maximum Gasteiger partial charge on any atom is 0.325 e. The zero-order valence-electron chi connectivity index (χ0n) is 24.5. The number of ether oxygens (including phenoxy) is 1. The number of hydrogen-bond donors (Lipinski definition) is 2. The van der Waals surface area contributed by atoms with E-state index in [-0.39, 0.29) is 23.3 Å². The number of pyridine rings is 1. The van der Waals surface area contributed by atoms with Gasteiger partial charge in [-0.3, -0.25) is 14.6 Å². The van der Waals surface area contributed by atoms with E-state index in [4.69, 9.17) is 9.72 Å². The van der Waals surface area contributed by atoms with Crippen molar-refractivity contribution in [3.63, 3.8) is 0 Å². The summed E-state index contributed by atoms with van der Waals surface area (Å²) in [6, 6.07) is 4.90. The number of aromatic nitrogens is 1. The van der Waals surface area contributed by atoms with Crippen molar-refractivity contribution < 1.29 is 27.8 Å². The van der Waals surface area contributed by atoms with Crippen LogP contribution in [-0.4, -0.2) is 78.2 Å². The van der Waals surface area contributed by atoms with Gasteiger partial charge >= 0.3 is 5.97 Å². The van der Waals surface area contributed by atoms with Gasteiger partial charge in [0.1, 0.15) is 11.9 Å². The molecule has 2 aliphatic rings. The Morgan fingerprint density at radius 2 is 2.05 bits per heavy atom. The van der Waals surface area contributed by atoms with Crippen LogP contribution in [0.25, 0.3) is 0 Å². The van der Waals surface area contributed by atoms with Gasteiger partial charge in [-0.15, -0.1) is 0 Å². The first-order valence-electron chi connectivity index (χ1n) is 14.7. The standard InChI is InChI=1S/C31H43F3N4O3/c1-19(2)21-16-24(28(41-4)25(32)17-21)27(31(39)40)38-15-13-23(18-38)37(3)26(29(33)34)10-6-5-9-22-12-11-20-8-7-14-35-30(20)36-22/h11-12,16-17,19,23,26-27,29H,5-10,13-15,18H2,1-4H3,(H,35,36)(H,39,40)/t23-,26+,27+/m0/s1. The second-order valence-corrected chi connectivity index (χ2v) is 11.6. The molecule has 41 heavy (non-hydrogen) atoms. The molecule has 2 N–H and O–H groups in total. The van der Waals surface area contributed by atoms with Gasteiger partial charge in [0.25, 0.3) is 6.43 Å². The van der Waals surface area contributed by atoms with Crippen molar-refractivity contribution in [2.24, 2.45) is 0 Å². The van der Waals surface area contributed by atoms with Crippen molar-refractivity contribution in [2.45, 2.75) is 89.3 Å². The summed E-state index contributed by atoms with van der Waals surface area (Å²) in [7, 11) is 3.03. The van der Waals surface area contributed by atoms with Crippen molar-refractivity contribution in [1.82, 2.24) is 14.8 Å². The highest BCUT2D eigenvalue weighted by Crippen LogP contribution is 2.37. The first kappa shape index (κ1) is 31.1. The minimum Gasteiger partial charge on any atom is -0.493 e. The molecule has 1 aromatic heterocycles. The lowest BCUT2D eigenvalue weighted by Gasteiger charge is -2.33. The number of aliphatic carboxylic acids is 1. The van der Waals surface area contributed by atoms with Gasteiger partial charge < -0.3 is 15.2 Å². The number of benzene rings is 1. The van der Waals surface area contributed by atoms with Gasteiger partial charge in [-0.1, -0.05) is 26.3 Å². The number of methoxy groups -OCH3 is 1. The molecule has 3 atom stereocenters. The summed E-state index contributed by atoms with van der Waals surface area (Å²) < 4.78 is 48.6. The highest BCUT2D eigenvalue weighted by Gasteiger charge is 2.40. The van der Waals surface area contributed by atoms with Gasteiger partial charge in [-0.05, 0) is 80.8 Å². The number of hydrogen-bond acceptors (Lipinski definition) is 6. The molecule has 4 rings (SSSR count). The van der Waals surface area contributed by atoms with Crippen LogP contribution < -0.4 is 10.1 Å². The van der Waals surface area contributed by atoms with Crippen molar-refractivity contribution in [2.75, 3.05) is 39.1 Å². The highest BCUT2D eigenvalue weighted by atomic mass is 19.3. The van der Waals surface area contributed by atoms with Crippen LogP contribution in [0.1, 0.15) is 80.3 Å². The van der Waals surface area contributed by atoms with Crippen LogP contribution in [0, 0.1) is 5.82 Å². The summed E-state index contributed by atoms with van der Waals surface area (Å²) in [6.07, 6.45) is 2.63. The van der Waals surface area contributed by atoms with Crippen molar-refractivity contribution >= 4 is 11.8 Å². The van der Waals surface area contributed by atoms with Crippen LogP contribution >= 0.6 is 0 Å². The molecule has 0 aliphatic carbocycles. The van der Waals surface area contributed by atoms with Crippen molar-refractivity contribution in [1.29, 1.82) is 0 Å². The molecule has 2 aromatic rings. The van der Waals surface area contributed by atoms with E-state index in [1.165, 1.54) is 18.7 Å². The highest BCUT2D eigenvalue weighted by molar-refractivity contribution is 5.77. The van der Waals surface area contributed by atoms with Crippen LogP contribution in [0.3, 0.4) is 0 Å².